The molecular weight excluding hydrogens is 374 g/mol. The predicted octanol–water partition coefficient (Wildman–Crippen LogP) is 5.81. The summed E-state index contributed by atoms with van der Waals surface area (Å²) in [6.45, 7) is 0. The lowest BCUT2D eigenvalue weighted by molar-refractivity contribution is 0.577. The average molecular weight is 393 g/mol. The van der Waals surface area contributed by atoms with Gasteiger partial charge in [-0.15, -0.1) is 11.3 Å². The van der Waals surface area contributed by atoms with Gasteiger partial charge in [0.15, 0.2) is 0 Å². The number of hydrogen-bond acceptors (Lipinski definition) is 2. The van der Waals surface area contributed by atoms with Crippen LogP contribution in [0.15, 0.2) is 26.0 Å². The molecule has 0 fully saturated rings. The zero-order chi connectivity index (χ0) is 13.0. The molecule has 1 unspecified atom stereocenters. The van der Waals surface area contributed by atoms with E-state index in [1.54, 1.807) is 5.57 Å². The molecule has 1 N–H and O–H groups in total. The number of halogens is 2. The molecule has 2 rings (SSSR count). The maximum atomic E-state index is 3.59. The Morgan fingerprint density at radius 1 is 1.22 bits per heavy atom. The molecule has 0 aliphatic heterocycles. The number of hydrogen-bond donors (Lipinski definition) is 1. The lowest BCUT2D eigenvalue weighted by Crippen LogP contribution is -2.18. The molecule has 0 radical (unpaired) electrons. The van der Waals surface area contributed by atoms with Gasteiger partial charge in [-0.25, -0.2) is 0 Å². The highest BCUT2D eigenvalue weighted by atomic mass is 79.9. The molecule has 4 heteroatoms. The van der Waals surface area contributed by atoms with Crippen LogP contribution in [0.2, 0.25) is 0 Å². The summed E-state index contributed by atoms with van der Waals surface area (Å²) in [4.78, 5) is 1.39. The van der Waals surface area contributed by atoms with Crippen molar-refractivity contribution in [1.82, 2.24) is 5.32 Å². The molecule has 0 amide bonds. The van der Waals surface area contributed by atoms with Crippen molar-refractivity contribution in [2.24, 2.45) is 0 Å². The first-order chi connectivity index (χ1) is 8.72. The van der Waals surface area contributed by atoms with E-state index in [1.807, 2.05) is 11.3 Å². The van der Waals surface area contributed by atoms with E-state index >= 15 is 0 Å². The molecule has 0 saturated carbocycles. The fourth-order valence-corrected chi connectivity index (χ4v) is 4.74. The number of nitrogens with one attached hydrogen (secondary N) is 1. The molecule has 0 aromatic carbocycles. The quantitative estimate of drug-likeness (QED) is 0.639. The van der Waals surface area contributed by atoms with Crippen molar-refractivity contribution in [3.05, 3.63) is 30.9 Å². The summed E-state index contributed by atoms with van der Waals surface area (Å²) in [5, 5.41) is 3.48. The Morgan fingerprint density at radius 3 is 2.67 bits per heavy atom. The van der Waals surface area contributed by atoms with Crippen molar-refractivity contribution in [2.75, 3.05) is 7.05 Å². The highest BCUT2D eigenvalue weighted by molar-refractivity contribution is 9.13. The van der Waals surface area contributed by atoms with Gasteiger partial charge in [0.25, 0.3) is 0 Å². The molecule has 0 spiro atoms. The monoisotopic (exact) mass is 391 g/mol. The van der Waals surface area contributed by atoms with E-state index in [-0.39, 0.29) is 0 Å². The van der Waals surface area contributed by atoms with E-state index in [0.717, 1.165) is 4.47 Å². The third kappa shape index (κ3) is 3.69. The molecule has 1 aliphatic carbocycles. The minimum absolute atomic E-state index is 0.385. The minimum Gasteiger partial charge on any atom is -0.309 e. The first kappa shape index (κ1) is 14.8. The van der Waals surface area contributed by atoms with E-state index in [4.69, 9.17) is 0 Å². The highest BCUT2D eigenvalue weighted by Crippen LogP contribution is 2.39. The lowest BCUT2D eigenvalue weighted by atomic mass is 9.94. The molecule has 0 bridgehead atoms. The zero-order valence-corrected chi connectivity index (χ0v) is 14.6. The Bertz CT molecular complexity index is 406. The van der Waals surface area contributed by atoms with Gasteiger partial charge >= 0.3 is 0 Å². The molecule has 1 nitrogen and oxygen atoms in total. The molecule has 0 saturated heterocycles. The van der Waals surface area contributed by atoms with Crippen LogP contribution in [-0.4, -0.2) is 7.05 Å². The molecule has 1 aliphatic rings. The second kappa shape index (κ2) is 7.22. The summed E-state index contributed by atoms with van der Waals surface area (Å²) in [6, 6.07) is 2.62. The summed E-state index contributed by atoms with van der Waals surface area (Å²) < 4.78 is 2.35. The third-order valence-corrected chi connectivity index (χ3v) is 6.76. The van der Waals surface area contributed by atoms with Crippen LogP contribution in [0.1, 0.15) is 49.4 Å². The maximum absolute atomic E-state index is 3.59. The predicted molar refractivity (Wildman–Crippen MR) is 87.3 cm³/mol. The molecule has 100 valence electrons. The molecule has 1 heterocycles. The van der Waals surface area contributed by atoms with E-state index < -0.39 is 0 Å². The van der Waals surface area contributed by atoms with Crippen LogP contribution >= 0.6 is 43.2 Å². The van der Waals surface area contributed by atoms with Gasteiger partial charge in [0, 0.05) is 9.35 Å². The second-order valence-electron chi connectivity index (χ2n) is 4.72. The fourth-order valence-electron chi connectivity index (χ4n) is 2.49. The number of thiophene rings is 1. The minimum atomic E-state index is 0.385. The van der Waals surface area contributed by atoms with Gasteiger partial charge in [-0.05, 0) is 70.7 Å². The Morgan fingerprint density at radius 2 is 2.00 bits per heavy atom. The van der Waals surface area contributed by atoms with Gasteiger partial charge in [-0.2, -0.15) is 0 Å². The first-order valence-corrected chi connectivity index (χ1v) is 8.93. The van der Waals surface area contributed by atoms with Gasteiger partial charge in [0.1, 0.15) is 0 Å². The Kier molecular flexibility index (Phi) is 5.93. The molecule has 18 heavy (non-hydrogen) atoms. The standard InChI is InChI=1S/C14H19Br2NS/c1-17-13(12-9-11(15)14(16)18-12)10-7-5-3-2-4-6-8-10/h7,9,13,17H,2-6,8H2,1H3. The van der Waals surface area contributed by atoms with Crippen molar-refractivity contribution in [3.8, 4) is 0 Å². The van der Waals surface area contributed by atoms with E-state index in [9.17, 15) is 0 Å². The zero-order valence-electron chi connectivity index (χ0n) is 10.6. The molecule has 1 aromatic heterocycles. The van der Waals surface area contributed by atoms with E-state index in [1.165, 1.54) is 47.2 Å². The van der Waals surface area contributed by atoms with Crippen molar-refractivity contribution in [2.45, 2.75) is 44.6 Å². The van der Waals surface area contributed by atoms with Crippen LogP contribution in [0.4, 0.5) is 0 Å². The van der Waals surface area contributed by atoms with Crippen LogP contribution < -0.4 is 5.32 Å². The van der Waals surface area contributed by atoms with Crippen molar-refractivity contribution >= 4 is 43.2 Å². The molecule has 1 atom stereocenters. The maximum Gasteiger partial charge on any atom is 0.0843 e. The third-order valence-electron chi connectivity index (χ3n) is 3.43. The number of rotatable bonds is 3. The lowest BCUT2D eigenvalue weighted by Gasteiger charge is -2.20. The summed E-state index contributed by atoms with van der Waals surface area (Å²) >= 11 is 8.99. The largest absolute Gasteiger partial charge is 0.309 e. The number of likely N-dealkylation sites (N-methyl/N-ethyl adjacent to an activating group) is 1. The van der Waals surface area contributed by atoms with Crippen LogP contribution in [0, 0.1) is 0 Å². The first-order valence-electron chi connectivity index (χ1n) is 6.53. The number of allylic oxidation sites excluding steroid dienone is 1. The van der Waals surface area contributed by atoms with Gasteiger partial charge in [0.05, 0.1) is 9.83 Å². The fraction of sp³-hybridized carbons (Fsp3) is 0.571. The van der Waals surface area contributed by atoms with Crippen molar-refractivity contribution in [1.29, 1.82) is 0 Å². The average Bonchev–Trinajstić information content (AvgIpc) is 2.62. The summed E-state index contributed by atoms with van der Waals surface area (Å²) in [5.74, 6) is 0. The summed E-state index contributed by atoms with van der Waals surface area (Å²) in [5.41, 5.74) is 1.57. The topological polar surface area (TPSA) is 12.0 Å². The van der Waals surface area contributed by atoms with Gasteiger partial charge < -0.3 is 5.32 Å². The van der Waals surface area contributed by atoms with Crippen LogP contribution in [0.5, 0.6) is 0 Å². The SMILES string of the molecule is CNC(C1=CCCCCCC1)c1cc(Br)c(Br)s1. The van der Waals surface area contributed by atoms with E-state index in [2.05, 4.69) is 56.4 Å². The highest BCUT2D eigenvalue weighted by Gasteiger charge is 2.18. The smallest absolute Gasteiger partial charge is 0.0843 e. The Hall–Kier alpha value is 0.360. The Labute approximate surface area is 130 Å². The van der Waals surface area contributed by atoms with Crippen LogP contribution in [-0.2, 0) is 0 Å². The van der Waals surface area contributed by atoms with Gasteiger partial charge in [0.2, 0.25) is 0 Å². The second-order valence-corrected chi connectivity index (χ2v) is 7.98. The summed E-state index contributed by atoms with van der Waals surface area (Å²) in [7, 11) is 2.06. The van der Waals surface area contributed by atoms with Crippen LogP contribution in [0.3, 0.4) is 0 Å². The van der Waals surface area contributed by atoms with Crippen molar-refractivity contribution < 1.29 is 0 Å². The summed E-state index contributed by atoms with van der Waals surface area (Å²) in [6.07, 6.45) is 10.4. The molecule has 1 aromatic rings. The van der Waals surface area contributed by atoms with Crippen molar-refractivity contribution in [3.63, 3.8) is 0 Å². The Balaban J connectivity index is 2.20. The molecular formula is C14H19Br2NS. The van der Waals surface area contributed by atoms with Crippen LogP contribution in [0.25, 0.3) is 0 Å². The van der Waals surface area contributed by atoms with E-state index in [0.29, 0.717) is 6.04 Å². The van der Waals surface area contributed by atoms with Gasteiger partial charge in [-0.3, -0.25) is 0 Å². The normalized spacial score (nSPS) is 18.9. The van der Waals surface area contributed by atoms with Gasteiger partial charge in [-0.1, -0.05) is 24.5 Å².